The fourth-order valence-corrected chi connectivity index (χ4v) is 1.57. The molecule has 1 aromatic carbocycles. The van der Waals surface area contributed by atoms with Gasteiger partial charge in [-0.2, -0.15) is 0 Å². The summed E-state index contributed by atoms with van der Waals surface area (Å²) >= 11 is 0. The first-order chi connectivity index (χ1) is 7.69. The Hall–Kier alpha value is -1.70. The number of Topliss-reactive ketones (excluding diaryl/α,β-unsaturated/α-hetero) is 1. The zero-order chi connectivity index (χ0) is 12.0. The minimum atomic E-state index is -0.115. The standard InChI is InChI=1S/C14H17NO/c1-3-12(4-2)14(15)13(16)10-11-8-6-5-7-9-11/h3,5-9,12,15H,1,4,10H2,2H3/t12-/m1/s1. The van der Waals surface area contributed by atoms with Crippen molar-refractivity contribution in [3.63, 3.8) is 0 Å². The molecule has 0 radical (unpaired) electrons. The van der Waals surface area contributed by atoms with Gasteiger partial charge in [-0.25, -0.2) is 0 Å². The zero-order valence-corrected chi connectivity index (χ0v) is 9.57. The Bertz CT molecular complexity index is 381. The first-order valence-corrected chi connectivity index (χ1v) is 5.47. The van der Waals surface area contributed by atoms with Gasteiger partial charge in [0.05, 0.1) is 5.71 Å². The summed E-state index contributed by atoms with van der Waals surface area (Å²) in [5, 5.41) is 7.78. The van der Waals surface area contributed by atoms with Crippen LogP contribution in [0.4, 0.5) is 0 Å². The van der Waals surface area contributed by atoms with E-state index in [0.29, 0.717) is 6.42 Å². The van der Waals surface area contributed by atoms with Crippen molar-refractivity contribution in [2.24, 2.45) is 5.92 Å². The van der Waals surface area contributed by atoms with E-state index in [-0.39, 0.29) is 17.4 Å². The fourth-order valence-electron chi connectivity index (χ4n) is 1.57. The highest BCUT2D eigenvalue weighted by molar-refractivity contribution is 6.40. The molecule has 0 heterocycles. The topological polar surface area (TPSA) is 40.9 Å². The molecule has 2 heteroatoms. The SMILES string of the molecule is C=C[C@H](CC)C(=N)C(=O)Cc1ccccc1. The van der Waals surface area contributed by atoms with Gasteiger partial charge in [-0.05, 0) is 12.0 Å². The molecule has 2 nitrogen and oxygen atoms in total. The van der Waals surface area contributed by atoms with Crippen LogP contribution >= 0.6 is 0 Å². The number of carbonyl (C=O) groups excluding carboxylic acids is 1. The van der Waals surface area contributed by atoms with Crippen molar-refractivity contribution < 1.29 is 4.79 Å². The summed E-state index contributed by atoms with van der Waals surface area (Å²) in [5.74, 6) is -0.228. The lowest BCUT2D eigenvalue weighted by Gasteiger charge is -2.10. The summed E-state index contributed by atoms with van der Waals surface area (Å²) in [6.07, 6.45) is 2.73. The van der Waals surface area contributed by atoms with Crippen LogP contribution in [0.5, 0.6) is 0 Å². The van der Waals surface area contributed by atoms with Crippen LogP contribution < -0.4 is 0 Å². The average molecular weight is 215 g/mol. The largest absolute Gasteiger partial charge is 0.301 e. The molecule has 0 unspecified atom stereocenters. The van der Waals surface area contributed by atoms with Gasteiger partial charge in [0.2, 0.25) is 0 Å². The predicted octanol–water partition coefficient (Wildman–Crippen LogP) is 3.03. The second-order valence-electron chi connectivity index (χ2n) is 3.75. The second kappa shape index (κ2) is 6.01. The number of nitrogens with one attached hydrogen (secondary N) is 1. The van der Waals surface area contributed by atoms with Crippen LogP contribution in [0.25, 0.3) is 0 Å². The Morgan fingerprint density at radius 2 is 2.06 bits per heavy atom. The number of ketones is 1. The molecule has 84 valence electrons. The highest BCUT2D eigenvalue weighted by atomic mass is 16.1. The first kappa shape index (κ1) is 12.4. The zero-order valence-electron chi connectivity index (χ0n) is 9.57. The van der Waals surface area contributed by atoms with Crippen LogP contribution in [0.2, 0.25) is 0 Å². The lowest BCUT2D eigenvalue weighted by atomic mass is 9.94. The molecule has 1 aromatic rings. The van der Waals surface area contributed by atoms with Crippen molar-refractivity contribution in [1.82, 2.24) is 0 Å². The van der Waals surface area contributed by atoms with E-state index >= 15 is 0 Å². The maximum Gasteiger partial charge on any atom is 0.181 e. The molecule has 1 atom stereocenters. The molecule has 1 N–H and O–H groups in total. The van der Waals surface area contributed by atoms with Crippen molar-refractivity contribution in [3.05, 3.63) is 48.6 Å². The molecule has 0 saturated heterocycles. The van der Waals surface area contributed by atoms with Crippen LogP contribution in [0.3, 0.4) is 0 Å². The highest BCUT2D eigenvalue weighted by Gasteiger charge is 2.16. The number of hydrogen-bond acceptors (Lipinski definition) is 2. The Balaban J connectivity index is 2.66. The summed E-state index contributed by atoms with van der Waals surface area (Å²) in [5.41, 5.74) is 1.12. The molecule has 1 rings (SSSR count). The normalized spacial score (nSPS) is 11.8. The number of allylic oxidation sites excluding steroid dienone is 1. The maximum absolute atomic E-state index is 11.8. The third-order valence-corrected chi connectivity index (χ3v) is 2.60. The molecular formula is C14H17NO. The van der Waals surface area contributed by atoms with E-state index in [1.165, 1.54) is 0 Å². The molecule has 0 aliphatic carbocycles. The summed E-state index contributed by atoms with van der Waals surface area (Å²) in [6.45, 7) is 5.60. The van der Waals surface area contributed by atoms with Crippen molar-refractivity contribution in [1.29, 1.82) is 5.41 Å². The monoisotopic (exact) mass is 215 g/mol. The van der Waals surface area contributed by atoms with Gasteiger partial charge < -0.3 is 5.41 Å². The molecule has 0 amide bonds. The van der Waals surface area contributed by atoms with Gasteiger partial charge in [0.15, 0.2) is 5.78 Å². The molecule has 0 spiro atoms. The van der Waals surface area contributed by atoms with Gasteiger partial charge in [-0.15, -0.1) is 6.58 Å². The third kappa shape index (κ3) is 3.16. The van der Waals surface area contributed by atoms with E-state index in [0.717, 1.165) is 12.0 Å². The molecular weight excluding hydrogens is 198 g/mol. The van der Waals surface area contributed by atoms with Gasteiger partial charge >= 0.3 is 0 Å². The summed E-state index contributed by atoms with van der Waals surface area (Å²) in [7, 11) is 0. The van der Waals surface area contributed by atoms with Gasteiger partial charge in [-0.3, -0.25) is 4.79 Å². The van der Waals surface area contributed by atoms with Crippen molar-refractivity contribution in [2.75, 3.05) is 0 Å². The van der Waals surface area contributed by atoms with Crippen LogP contribution in [0.15, 0.2) is 43.0 Å². The quantitative estimate of drug-likeness (QED) is 0.575. The van der Waals surface area contributed by atoms with Crippen LogP contribution in [0, 0.1) is 11.3 Å². The number of carbonyl (C=O) groups is 1. The predicted molar refractivity (Wildman–Crippen MR) is 66.9 cm³/mol. The summed E-state index contributed by atoms with van der Waals surface area (Å²) in [6, 6.07) is 9.52. The van der Waals surface area contributed by atoms with E-state index in [1.54, 1.807) is 6.08 Å². The molecule has 0 aliphatic rings. The maximum atomic E-state index is 11.8. The minimum absolute atomic E-state index is 0.113. The third-order valence-electron chi connectivity index (χ3n) is 2.60. The Morgan fingerprint density at radius 1 is 1.44 bits per heavy atom. The average Bonchev–Trinajstić information content (AvgIpc) is 2.31. The van der Waals surface area contributed by atoms with Crippen LogP contribution in [0.1, 0.15) is 18.9 Å². The fraction of sp³-hybridized carbons (Fsp3) is 0.286. The number of benzene rings is 1. The lowest BCUT2D eigenvalue weighted by Crippen LogP contribution is -2.22. The highest BCUT2D eigenvalue weighted by Crippen LogP contribution is 2.09. The molecule has 16 heavy (non-hydrogen) atoms. The summed E-state index contributed by atoms with van der Waals surface area (Å²) in [4.78, 5) is 11.8. The number of hydrogen-bond donors (Lipinski definition) is 1. The Morgan fingerprint density at radius 3 is 2.56 bits per heavy atom. The molecule has 0 aliphatic heterocycles. The van der Waals surface area contributed by atoms with Gasteiger partial charge in [-0.1, -0.05) is 43.3 Å². The van der Waals surface area contributed by atoms with E-state index in [1.807, 2.05) is 37.3 Å². The van der Waals surface area contributed by atoms with Gasteiger partial charge in [0.1, 0.15) is 0 Å². The van der Waals surface area contributed by atoms with E-state index in [4.69, 9.17) is 5.41 Å². The smallest absolute Gasteiger partial charge is 0.181 e. The van der Waals surface area contributed by atoms with Crippen molar-refractivity contribution >= 4 is 11.5 Å². The van der Waals surface area contributed by atoms with Crippen molar-refractivity contribution in [3.8, 4) is 0 Å². The van der Waals surface area contributed by atoms with E-state index < -0.39 is 0 Å². The van der Waals surface area contributed by atoms with Crippen LogP contribution in [-0.2, 0) is 11.2 Å². The van der Waals surface area contributed by atoms with Gasteiger partial charge in [0.25, 0.3) is 0 Å². The number of rotatable bonds is 6. The first-order valence-electron chi connectivity index (χ1n) is 5.47. The molecule has 0 fully saturated rings. The lowest BCUT2D eigenvalue weighted by molar-refractivity contribution is -0.112. The minimum Gasteiger partial charge on any atom is -0.301 e. The van der Waals surface area contributed by atoms with Crippen LogP contribution in [-0.4, -0.2) is 11.5 Å². The van der Waals surface area contributed by atoms with E-state index in [9.17, 15) is 4.79 Å². The van der Waals surface area contributed by atoms with E-state index in [2.05, 4.69) is 6.58 Å². The second-order valence-corrected chi connectivity index (χ2v) is 3.75. The Kier molecular flexibility index (Phi) is 4.65. The summed E-state index contributed by atoms with van der Waals surface area (Å²) < 4.78 is 0. The van der Waals surface area contributed by atoms with Gasteiger partial charge in [0, 0.05) is 12.3 Å². The Labute approximate surface area is 96.5 Å². The molecule has 0 aromatic heterocycles. The molecule has 0 saturated carbocycles. The van der Waals surface area contributed by atoms with Crippen molar-refractivity contribution in [2.45, 2.75) is 19.8 Å². The molecule has 0 bridgehead atoms.